The topological polar surface area (TPSA) is 128 Å². The van der Waals surface area contributed by atoms with Gasteiger partial charge in [-0.25, -0.2) is 4.79 Å². The molecule has 204 valence electrons. The third kappa shape index (κ3) is 8.87. The van der Waals surface area contributed by atoms with Crippen LogP contribution in [0.4, 0.5) is 0 Å². The predicted octanol–water partition coefficient (Wildman–Crippen LogP) is 3.33. The van der Waals surface area contributed by atoms with Crippen molar-refractivity contribution in [2.24, 2.45) is 5.92 Å². The lowest BCUT2D eigenvalue weighted by Gasteiger charge is -2.33. The van der Waals surface area contributed by atoms with E-state index in [-0.39, 0.29) is 42.4 Å². The number of rotatable bonds is 12. The summed E-state index contributed by atoms with van der Waals surface area (Å²) in [4.78, 5) is 62.7. The van der Waals surface area contributed by atoms with E-state index in [1.165, 1.54) is 6.92 Å². The zero-order chi connectivity index (χ0) is 27.6. The third-order valence-electron chi connectivity index (χ3n) is 6.17. The van der Waals surface area contributed by atoms with Crippen molar-refractivity contribution in [1.29, 1.82) is 0 Å². The van der Waals surface area contributed by atoms with Crippen LogP contribution in [-0.4, -0.2) is 52.3 Å². The van der Waals surface area contributed by atoms with E-state index in [9.17, 15) is 24.0 Å². The van der Waals surface area contributed by atoms with Crippen molar-refractivity contribution >= 4 is 40.6 Å². The molecule has 2 atom stereocenters. The summed E-state index contributed by atoms with van der Waals surface area (Å²) >= 11 is 0.955. The van der Waals surface area contributed by atoms with Crippen LogP contribution >= 0.6 is 11.8 Å². The molecule has 0 heterocycles. The maximum atomic E-state index is 13.6. The Balaban J connectivity index is 2.21. The smallest absolute Gasteiger partial charge is 0.328 e. The number of carbonyl (C=O) groups is 5. The monoisotopic (exact) mass is 534 g/mol. The van der Waals surface area contributed by atoms with E-state index in [1.807, 2.05) is 13.8 Å². The van der Waals surface area contributed by atoms with Gasteiger partial charge in [0.25, 0.3) is 0 Å². The number of hydrogen-bond acceptors (Lipinski definition) is 8. The SMILES string of the molecule is CCOC(=O)[C@H](Cc1ccc(OC(=O)CC)cc1)NC(=O)C1(NC(=O)[C@@H](SC(C)=O)C(C)C)CCCC1. The van der Waals surface area contributed by atoms with E-state index >= 15 is 0 Å². The maximum absolute atomic E-state index is 13.6. The van der Waals surface area contributed by atoms with Crippen molar-refractivity contribution in [3.05, 3.63) is 29.8 Å². The fourth-order valence-corrected chi connectivity index (χ4v) is 5.03. The Labute approximate surface area is 222 Å². The van der Waals surface area contributed by atoms with Gasteiger partial charge in [-0.3, -0.25) is 19.2 Å². The second-order valence-electron chi connectivity index (χ2n) is 9.51. The van der Waals surface area contributed by atoms with E-state index in [0.717, 1.165) is 30.2 Å². The Bertz CT molecular complexity index is 971. The molecule has 1 fully saturated rings. The van der Waals surface area contributed by atoms with Gasteiger partial charge in [-0.05, 0) is 43.4 Å². The molecule has 1 aromatic rings. The molecule has 37 heavy (non-hydrogen) atoms. The van der Waals surface area contributed by atoms with E-state index in [2.05, 4.69) is 10.6 Å². The number of ether oxygens (including phenoxy) is 2. The van der Waals surface area contributed by atoms with Gasteiger partial charge in [-0.15, -0.1) is 0 Å². The van der Waals surface area contributed by atoms with Crippen LogP contribution in [0.5, 0.6) is 5.75 Å². The minimum atomic E-state index is -1.16. The lowest BCUT2D eigenvalue weighted by Crippen LogP contribution is -2.61. The molecule has 0 radical (unpaired) electrons. The molecule has 9 nitrogen and oxygen atoms in total. The second-order valence-corrected chi connectivity index (χ2v) is 10.8. The summed E-state index contributed by atoms with van der Waals surface area (Å²) in [5.74, 6) is -1.46. The normalized spacial score (nSPS) is 15.9. The van der Waals surface area contributed by atoms with Crippen LogP contribution in [-0.2, 0) is 35.1 Å². The van der Waals surface area contributed by atoms with Crippen molar-refractivity contribution in [2.75, 3.05) is 6.61 Å². The molecule has 0 aliphatic heterocycles. The zero-order valence-corrected chi connectivity index (χ0v) is 23.1. The fourth-order valence-electron chi connectivity index (χ4n) is 4.23. The summed E-state index contributed by atoms with van der Waals surface area (Å²) in [5.41, 5.74) is -0.429. The molecular formula is C27H38N2O7S. The average molecular weight is 535 g/mol. The Morgan fingerprint density at radius 1 is 1.03 bits per heavy atom. The summed E-state index contributed by atoms with van der Waals surface area (Å²) in [6.07, 6.45) is 2.79. The van der Waals surface area contributed by atoms with Crippen LogP contribution in [0, 0.1) is 5.92 Å². The number of nitrogens with one attached hydrogen (secondary N) is 2. The summed E-state index contributed by atoms with van der Waals surface area (Å²) in [7, 11) is 0. The molecule has 10 heteroatoms. The lowest BCUT2D eigenvalue weighted by atomic mass is 9.94. The van der Waals surface area contributed by atoms with Crippen molar-refractivity contribution in [3.8, 4) is 5.75 Å². The summed E-state index contributed by atoms with van der Waals surface area (Å²) in [6.45, 7) is 8.66. The number of hydrogen-bond donors (Lipinski definition) is 2. The van der Waals surface area contributed by atoms with E-state index < -0.39 is 28.7 Å². The average Bonchev–Trinajstić information content (AvgIpc) is 3.32. The van der Waals surface area contributed by atoms with Crippen LogP contribution in [0.25, 0.3) is 0 Å². The fraction of sp³-hybridized carbons (Fsp3) is 0.593. The molecule has 0 aromatic heterocycles. The molecule has 0 spiro atoms. The third-order valence-corrected chi connectivity index (χ3v) is 7.52. The Morgan fingerprint density at radius 2 is 1.65 bits per heavy atom. The molecule has 2 rings (SSSR count). The van der Waals surface area contributed by atoms with E-state index in [1.54, 1.807) is 38.1 Å². The number of carbonyl (C=O) groups excluding carboxylic acids is 5. The van der Waals surface area contributed by atoms with E-state index in [4.69, 9.17) is 9.47 Å². The number of esters is 2. The van der Waals surface area contributed by atoms with Crippen molar-refractivity contribution in [1.82, 2.24) is 10.6 Å². The summed E-state index contributed by atoms with van der Waals surface area (Å²) < 4.78 is 10.4. The van der Waals surface area contributed by atoms with Crippen LogP contribution in [0.3, 0.4) is 0 Å². The number of thioether (sulfide) groups is 1. The van der Waals surface area contributed by atoms with Gasteiger partial charge >= 0.3 is 11.9 Å². The summed E-state index contributed by atoms with van der Waals surface area (Å²) in [6, 6.07) is 5.72. The molecule has 0 bridgehead atoms. The van der Waals surface area contributed by atoms with Crippen LogP contribution in [0.2, 0.25) is 0 Å². The van der Waals surface area contributed by atoms with Crippen molar-refractivity contribution in [2.45, 2.75) is 90.0 Å². The predicted molar refractivity (Wildman–Crippen MR) is 141 cm³/mol. The number of benzene rings is 1. The van der Waals surface area contributed by atoms with Gasteiger partial charge in [-0.1, -0.05) is 57.5 Å². The minimum absolute atomic E-state index is 0.109. The first-order valence-electron chi connectivity index (χ1n) is 12.8. The zero-order valence-electron chi connectivity index (χ0n) is 22.3. The molecule has 1 aliphatic carbocycles. The van der Waals surface area contributed by atoms with Gasteiger partial charge in [-0.2, -0.15) is 0 Å². The van der Waals surface area contributed by atoms with Gasteiger partial charge < -0.3 is 20.1 Å². The molecule has 1 aliphatic rings. The quantitative estimate of drug-likeness (QED) is 0.309. The Morgan fingerprint density at radius 3 is 2.16 bits per heavy atom. The van der Waals surface area contributed by atoms with Crippen LogP contribution < -0.4 is 15.4 Å². The highest BCUT2D eigenvalue weighted by molar-refractivity contribution is 8.14. The highest BCUT2D eigenvalue weighted by Gasteiger charge is 2.45. The Hall–Kier alpha value is -2.88. The second kappa shape index (κ2) is 14.2. The number of amides is 2. The van der Waals surface area contributed by atoms with Gasteiger partial charge in [0.05, 0.1) is 11.9 Å². The van der Waals surface area contributed by atoms with Gasteiger partial charge in [0, 0.05) is 19.8 Å². The highest BCUT2D eigenvalue weighted by Crippen LogP contribution is 2.32. The lowest BCUT2D eigenvalue weighted by molar-refractivity contribution is -0.148. The molecule has 2 N–H and O–H groups in total. The minimum Gasteiger partial charge on any atom is -0.464 e. The largest absolute Gasteiger partial charge is 0.464 e. The summed E-state index contributed by atoms with van der Waals surface area (Å²) in [5, 5.41) is 4.95. The van der Waals surface area contributed by atoms with Crippen LogP contribution in [0.1, 0.15) is 72.3 Å². The molecular weight excluding hydrogens is 496 g/mol. The van der Waals surface area contributed by atoms with E-state index in [0.29, 0.717) is 18.6 Å². The molecule has 0 saturated heterocycles. The molecule has 1 aromatic carbocycles. The molecule has 0 unspecified atom stereocenters. The van der Waals surface area contributed by atoms with Crippen molar-refractivity contribution in [3.63, 3.8) is 0 Å². The molecule has 1 saturated carbocycles. The first kappa shape index (κ1) is 30.3. The highest BCUT2D eigenvalue weighted by atomic mass is 32.2. The first-order chi connectivity index (χ1) is 17.5. The molecule has 2 amide bonds. The van der Waals surface area contributed by atoms with Crippen molar-refractivity contribution < 1.29 is 33.4 Å². The van der Waals surface area contributed by atoms with Gasteiger partial charge in [0.15, 0.2) is 5.12 Å². The van der Waals surface area contributed by atoms with Gasteiger partial charge in [0.1, 0.15) is 17.3 Å². The maximum Gasteiger partial charge on any atom is 0.328 e. The van der Waals surface area contributed by atoms with Gasteiger partial charge in [0.2, 0.25) is 11.8 Å². The first-order valence-corrected chi connectivity index (χ1v) is 13.7. The standard InChI is InChI=1S/C27H38N2O7S/c1-6-22(31)36-20-12-10-19(11-13-20)16-21(25(33)35-7-2)28-26(34)27(14-8-9-15-27)29-24(32)23(17(3)4)37-18(5)30/h10-13,17,21,23H,6-9,14-16H2,1-5H3,(H,28,34)(H,29,32)/t21-,23-/m0/s1. The van der Waals surface area contributed by atoms with Crippen LogP contribution in [0.15, 0.2) is 24.3 Å². The Kier molecular flexibility index (Phi) is 11.6.